The Hall–Kier alpha value is -0.570. The van der Waals surface area contributed by atoms with Gasteiger partial charge >= 0.3 is 0 Å². The molecule has 0 bridgehead atoms. The molecule has 0 atom stereocenters. The molecule has 0 unspecified atom stereocenters. The van der Waals surface area contributed by atoms with Crippen molar-refractivity contribution in [3.8, 4) is 0 Å². The van der Waals surface area contributed by atoms with Crippen molar-refractivity contribution in [1.82, 2.24) is 9.80 Å². The highest BCUT2D eigenvalue weighted by Gasteiger charge is 2.29. The molecule has 0 spiro atoms. The van der Waals surface area contributed by atoms with E-state index in [4.69, 9.17) is 0 Å². The first kappa shape index (κ1) is 9.97. The zero-order chi connectivity index (χ0) is 9.97. The number of hydrogen-bond donors (Lipinski definition) is 0. The van der Waals surface area contributed by atoms with Gasteiger partial charge in [-0.1, -0.05) is 25.7 Å². The molecule has 3 nitrogen and oxygen atoms in total. The Morgan fingerprint density at radius 3 is 2.29 bits per heavy atom. The van der Waals surface area contributed by atoms with E-state index in [1.807, 2.05) is 11.9 Å². The minimum Gasteiger partial charge on any atom is -0.332 e. The summed E-state index contributed by atoms with van der Waals surface area (Å²) < 4.78 is 0. The number of hydrogen-bond acceptors (Lipinski definition) is 2. The fraction of sp³-hybridized carbons (Fsp3) is 0.909. The molecular weight excluding hydrogens is 176 g/mol. The normalized spacial score (nSPS) is 26.9. The van der Waals surface area contributed by atoms with Crippen molar-refractivity contribution in [3.05, 3.63) is 0 Å². The molecule has 1 aliphatic heterocycles. The van der Waals surface area contributed by atoms with Crippen LogP contribution in [0, 0.1) is 0 Å². The molecule has 0 aromatic carbocycles. The number of carbonyl (C=O) groups excluding carboxylic acids is 1. The van der Waals surface area contributed by atoms with Crippen molar-refractivity contribution in [2.45, 2.75) is 44.6 Å². The number of nitrogens with zero attached hydrogens (tertiary/aromatic N) is 2. The fourth-order valence-corrected chi connectivity index (χ4v) is 2.56. The lowest BCUT2D eigenvalue weighted by molar-refractivity contribution is -0.125. The van der Waals surface area contributed by atoms with Gasteiger partial charge in [0.05, 0.1) is 13.2 Å². The summed E-state index contributed by atoms with van der Waals surface area (Å²) in [5.41, 5.74) is 0. The van der Waals surface area contributed by atoms with Gasteiger partial charge in [0.1, 0.15) is 0 Å². The first-order valence-electron chi connectivity index (χ1n) is 5.75. The largest absolute Gasteiger partial charge is 0.332 e. The van der Waals surface area contributed by atoms with Crippen molar-refractivity contribution in [1.29, 1.82) is 0 Å². The SMILES string of the molecule is CN1CN(C2CCCCCC2)CC1=O. The van der Waals surface area contributed by atoms with E-state index in [0.29, 0.717) is 12.6 Å². The van der Waals surface area contributed by atoms with Crippen LogP contribution in [0.25, 0.3) is 0 Å². The zero-order valence-corrected chi connectivity index (χ0v) is 9.04. The summed E-state index contributed by atoms with van der Waals surface area (Å²) >= 11 is 0. The average Bonchev–Trinajstić information content (AvgIpc) is 2.46. The van der Waals surface area contributed by atoms with Crippen LogP contribution in [-0.4, -0.2) is 42.0 Å². The number of rotatable bonds is 1. The summed E-state index contributed by atoms with van der Waals surface area (Å²) in [4.78, 5) is 15.6. The Bertz CT molecular complexity index is 209. The monoisotopic (exact) mass is 196 g/mol. The minimum absolute atomic E-state index is 0.286. The first-order valence-corrected chi connectivity index (χ1v) is 5.75. The standard InChI is InChI=1S/C11H20N2O/c1-12-9-13(8-11(12)14)10-6-4-2-3-5-7-10/h10H,2-9H2,1H3. The van der Waals surface area contributed by atoms with Crippen molar-refractivity contribution in [2.75, 3.05) is 20.3 Å². The van der Waals surface area contributed by atoms with Crippen LogP contribution in [0.15, 0.2) is 0 Å². The maximum absolute atomic E-state index is 11.4. The molecule has 1 saturated heterocycles. The Morgan fingerprint density at radius 1 is 1.14 bits per heavy atom. The van der Waals surface area contributed by atoms with Crippen LogP contribution in [0.1, 0.15) is 38.5 Å². The summed E-state index contributed by atoms with van der Waals surface area (Å²) in [6.07, 6.45) is 8.04. The molecule has 0 radical (unpaired) electrons. The molecular formula is C11H20N2O. The van der Waals surface area contributed by atoms with Crippen molar-refractivity contribution >= 4 is 5.91 Å². The highest BCUT2D eigenvalue weighted by atomic mass is 16.2. The number of likely N-dealkylation sites (N-methyl/N-ethyl adjacent to an activating group) is 1. The van der Waals surface area contributed by atoms with Gasteiger partial charge in [0.2, 0.25) is 5.91 Å². The maximum Gasteiger partial charge on any atom is 0.237 e. The molecule has 1 aliphatic carbocycles. The van der Waals surface area contributed by atoms with Crippen molar-refractivity contribution < 1.29 is 4.79 Å². The van der Waals surface area contributed by atoms with Gasteiger partial charge in [-0.3, -0.25) is 9.69 Å². The Labute approximate surface area is 86.1 Å². The Morgan fingerprint density at radius 2 is 1.79 bits per heavy atom. The second-order valence-corrected chi connectivity index (χ2v) is 4.63. The van der Waals surface area contributed by atoms with Gasteiger partial charge in [0.15, 0.2) is 0 Å². The highest BCUT2D eigenvalue weighted by molar-refractivity contribution is 5.79. The summed E-state index contributed by atoms with van der Waals surface area (Å²) in [7, 11) is 1.90. The molecule has 2 aliphatic rings. The minimum atomic E-state index is 0.286. The summed E-state index contributed by atoms with van der Waals surface area (Å²) in [5.74, 6) is 0.286. The number of amides is 1. The third-order valence-corrected chi connectivity index (χ3v) is 3.50. The quantitative estimate of drug-likeness (QED) is 0.592. The Kier molecular flexibility index (Phi) is 3.06. The second-order valence-electron chi connectivity index (χ2n) is 4.63. The molecule has 1 saturated carbocycles. The van der Waals surface area contributed by atoms with E-state index in [2.05, 4.69) is 4.90 Å². The topological polar surface area (TPSA) is 23.6 Å². The molecule has 0 N–H and O–H groups in total. The first-order chi connectivity index (χ1) is 6.77. The third kappa shape index (κ3) is 2.08. The molecule has 14 heavy (non-hydrogen) atoms. The van der Waals surface area contributed by atoms with Crippen molar-refractivity contribution in [3.63, 3.8) is 0 Å². The average molecular weight is 196 g/mol. The van der Waals surface area contributed by atoms with Crippen molar-refractivity contribution in [2.24, 2.45) is 0 Å². The van der Waals surface area contributed by atoms with Gasteiger partial charge in [-0.25, -0.2) is 0 Å². The van der Waals surface area contributed by atoms with Gasteiger partial charge in [-0.15, -0.1) is 0 Å². The summed E-state index contributed by atoms with van der Waals surface area (Å²) in [6, 6.07) is 0.673. The van der Waals surface area contributed by atoms with Crippen LogP contribution in [-0.2, 0) is 4.79 Å². The van der Waals surface area contributed by atoms with Gasteiger partial charge in [0.25, 0.3) is 0 Å². The predicted octanol–water partition coefficient (Wildman–Crippen LogP) is 1.44. The zero-order valence-electron chi connectivity index (χ0n) is 9.04. The molecule has 0 aromatic rings. The van der Waals surface area contributed by atoms with E-state index in [1.54, 1.807) is 0 Å². The van der Waals surface area contributed by atoms with Crippen LogP contribution in [0.2, 0.25) is 0 Å². The lowest BCUT2D eigenvalue weighted by Crippen LogP contribution is -2.34. The molecule has 3 heteroatoms. The van der Waals surface area contributed by atoms with Gasteiger partial charge < -0.3 is 4.90 Å². The van der Waals surface area contributed by atoms with Crippen LogP contribution in [0.5, 0.6) is 0 Å². The van der Waals surface area contributed by atoms with Crippen LogP contribution >= 0.6 is 0 Å². The lowest BCUT2D eigenvalue weighted by Gasteiger charge is -2.25. The van der Waals surface area contributed by atoms with Crippen LogP contribution < -0.4 is 0 Å². The molecule has 1 heterocycles. The molecule has 0 aromatic heterocycles. The van der Waals surface area contributed by atoms with Gasteiger partial charge in [0, 0.05) is 13.1 Å². The Balaban J connectivity index is 1.91. The maximum atomic E-state index is 11.4. The van der Waals surface area contributed by atoms with E-state index < -0.39 is 0 Å². The van der Waals surface area contributed by atoms with Gasteiger partial charge in [-0.2, -0.15) is 0 Å². The van der Waals surface area contributed by atoms with E-state index in [-0.39, 0.29) is 5.91 Å². The van der Waals surface area contributed by atoms with Crippen LogP contribution in [0.4, 0.5) is 0 Å². The van der Waals surface area contributed by atoms with E-state index in [9.17, 15) is 4.79 Å². The third-order valence-electron chi connectivity index (χ3n) is 3.50. The smallest absolute Gasteiger partial charge is 0.237 e. The molecule has 2 rings (SSSR count). The van der Waals surface area contributed by atoms with Gasteiger partial charge in [-0.05, 0) is 12.8 Å². The summed E-state index contributed by atoms with van der Waals surface area (Å²) in [6.45, 7) is 1.50. The highest BCUT2D eigenvalue weighted by Crippen LogP contribution is 2.23. The molecule has 2 fully saturated rings. The number of carbonyl (C=O) groups is 1. The molecule has 80 valence electrons. The van der Waals surface area contributed by atoms with E-state index in [1.165, 1.54) is 38.5 Å². The van der Waals surface area contributed by atoms with E-state index >= 15 is 0 Å². The second kappa shape index (κ2) is 4.30. The fourth-order valence-electron chi connectivity index (χ4n) is 2.56. The summed E-state index contributed by atoms with van der Waals surface area (Å²) in [5, 5.41) is 0. The lowest BCUT2D eigenvalue weighted by atomic mass is 10.1. The van der Waals surface area contributed by atoms with Crippen LogP contribution in [0.3, 0.4) is 0 Å². The van der Waals surface area contributed by atoms with E-state index in [0.717, 1.165) is 6.67 Å². The predicted molar refractivity (Wildman–Crippen MR) is 55.8 cm³/mol. The molecule has 1 amide bonds.